The molecule has 0 aromatic heterocycles. The van der Waals surface area contributed by atoms with Gasteiger partial charge < -0.3 is 20.3 Å². The van der Waals surface area contributed by atoms with Crippen molar-refractivity contribution in [3.63, 3.8) is 0 Å². The van der Waals surface area contributed by atoms with Crippen LogP contribution in [0.25, 0.3) is 0 Å². The second-order valence-electron chi connectivity index (χ2n) is 8.42. The Morgan fingerprint density at radius 1 is 1.00 bits per heavy atom. The first kappa shape index (κ1) is 25.8. The zero-order valence-electron chi connectivity index (χ0n) is 19.6. The van der Waals surface area contributed by atoms with E-state index in [1.54, 1.807) is 29.2 Å². The Kier molecular flexibility index (Phi) is 9.17. The van der Waals surface area contributed by atoms with E-state index in [0.29, 0.717) is 51.5 Å². The summed E-state index contributed by atoms with van der Waals surface area (Å²) in [6.45, 7) is 2.17. The summed E-state index contributed by atoms with van der Waals surface area (Å²) >= 11 is 0. The zero-order chi connectivity index (χ0) is 24.6. The third-order valence-electron chi connectivity index (χ3n) is 5.33. The van der Waals surface area contributed by atoms with Crippen LogP contribution in [0.1, 0.15) is 17.5 Å². The lowest BCUT2D eigenvalue weighted by Gasteiger charge is -2.26. The predicted molar refractivity (Wildman–Crippen MR) is 130 cm³/mol. The quantitative estimate of drug-likeness (QED) is 0.524. The molecule has 1 aliphatic heterocycles. The average Bonchev–Trinajstić information content (AvgIpc) is 2.82. The molecule has 2 aromatic carbocycles. The van der Waals surface area contributed by atoms with Crippen molar-refractivity contribution in [3.8, 4) is 0 Å². The highest BCUT2D eigenvalue weighted by Gasteiger charge is 2.26. The van der Waals surface area contributed by atoms with Crippen molar-refractivity contribution < 1.29 is 22.7 Å². The van der Waals surface area contributed by atoms with Crippen LogP contribution in [0.2, 0.25) is 0 Å². The summed E-state index contributed by atoms with van der Waals surface area (Å²) in [5, 5.41) is 5.72. The summed E-state index contributed by atoms with van der Waals surface area (Å²) in [5.74, 6) is -0.206. The van der Waals surface area contributed by atoms with Gasteiger partial charge in [-0.25, -0.2) is 8.42 Å². The average molecular weight is 489 g/mol. The van der Waals surface area contributed by atoms with Crippen LogP contribution in [0.3, 0.4) is 0 Å². The van der Waals surface area contributed by atoms with E-state index in [4.69, 9.17) is 4.74 Å². The van der Waals surface area contributed by atoms with Crippen molar-refractivity contribution in [2.75, 3.05) is 52.3 Å². The fraction of sp³-hybridized carbons (Fsp3) is 0.417. The number of nitrogens with zero attached hydrogens (tertiary/aromatic N) is 2. The Hall–Kier alpha value is -2.79. The number of anilines is 1. The van der Waals surface area contributed by atoms with Crippen LogP contribution in [-0.4, -0.2) is 76.4 Å². The summed E-state index contributed by atoms with van der Waals surface area (Å²) in [6, 6.07) is 14.0. The molecule has 3 rings (SSSR count). The van der Waals surface area contributed by atoms with Gasteiger partial charge in [0.05, 0.1) is 24.7 Å². The molecular formula is C24H32N4O5S. The molecule has 184 valence electrons. The van der Waals surface area contributed by atoms with Gasteiger partial charge in [0.1, 0.15) is 0 Å². The van der Waals surface area contributed by atoms with Gasteiger partial charge in [-0.15, -0.1) is 0 Å². The van der Waals surface area contributed by atoms with Gasteiger partial charge in [0.2, 0.25) is 21.8 Å². The Labute approximate surface area is 201 Å². The number of rotatable bonds is 10. The van der Waals surface area contributed by atoms with E-state index in [1.165, 1.54) is 4.31 Å². The second-order valence-corrected chi connectivity index (χ2v) is 10.4. The van der Waals surface area contributed by atoms with Crippen LogP contribution in [0.15, 0.2) is 53.4 Å². The van der Waals surface area contributed by atoms with Crippen molar-refractivity contribution in [1.82, 2.24) is 14.5 Å². The van der Waals surface area contributed by atoms with Crippen LogP contribution in [0.5, 0.6) is 0 Å². The molecule has 1 saturated heterocycles. The van der Waals surface area contributed by atoms with Gasteiger partial charge in [0.25, 0.3) is 0 Å². The lowest BCUT2D eigenvalue weighted by Crippen LogP contribution is -2.40. The number of hydrogen-bond acceptors (Lipinski definition) is 6. The number of likely N-dealkylation sites (N-methyl/N-ethyl adjacent to an activating group) is 1. The molecule has 0 saturated carbocycles. The molecule has 2 N–H and O–H groups in total. The van der Waals surface area contributed by atoms with Crippen LogP contribution in [0.4, 0.5) is 5.69 Å². The minimum atomic E-state index is -3.52. The van der Waals surface area contributed by atoms with E-state index in [1.807, 2.05) is 38.4 Å². The van der Waals surface area contributed by atoms with E-state index in [0.717, 1.165) is 11.1 Å². The lowest BCUT2D eigenvalue weighted by atomic mass is 10.1. The van der Waals surface area contributed by atoms with Gasteiger partial charge in [-0.2, -0.15) is 4.31 Å². The van der Waals surface area contributed by atoms with Crippen molar-refractivity contribution in [3.05, 3.63) is 59.7 Å². The van der Waals surface area contributed by atoms with Crippen molar-refractivity contribution >= 4 is 27.5 Å². The zero-order valence-corrected chi connectivity index (χ0v) is 20.4. The van der Waals surface area contributed by atoms with Crippen LogP contribution >= 0.6 is 0 Å². The first-order chi connectivity index (χ1) is 16.2. The maximum absolute atomic E-state index is 12.7. The normalized spacial score (nSPS) is 14.7. The molecule has 1 aliphatic rings. The molecule has 0 aliphatic carbocycles. The molecule has 2 aromatic rings. The number of carbonyl (C=O) groups excluding carboxylic acids is 2. The van der Waals surface area contributed by atoms with Gasteiger partial charge in [-0.05, 0) is 55.9 Å². The molecule has 9 nitrogen and oxygen atoms in total. The Balaban J connectivity index is 1.46. The standard InChI is InChI=1S/C24H32N4O5S/c1-27(2)18-24(30)26-21-5-3-4-20(16-21)17-25-23(29)11-8-19-6-9-22(10-7-19)34(31,32)28-12-14-33-15-13-28/h3-7,9-10,16H,8,11-15,17-18H2,1-2H3,(H,25,29)(H,26,30). The highest BCUT2D eigenvalue weighted by molar-refractivity contribution is 7.89. The maximum atomic E-state index is 12.7. The van der Waals surface area contributed by atoms with Crippen molar-refractivity contribution in [2.24, 2.45) is 0 Å². The summed E-state index contributed by atoms with van der Waals surface area (Å²) in [7, 11) is 0.132. The Morgan fingerprint density at radius 2 is 1.71 bits per heavy atom. The Morgan fingerprint density at radius 3 is 2.38 bits per heavy atom. The molecule has 0 bridgehead atoms. The number of amides is 2. The topological polar surface area (TPSA) is 108 Å². The summed E-state index contributed by atoms with van der Waals surface area (Å²) < 4.78 is 32.0. The summed E-state index contributed by atoms with van der Waals surface area (Å²) in [4.78, 5) is 26.3. The summed E-state index contributed by atoms with van der Waals surface area (Å²) in [5.41, 5.74) is 2.46. The predicted octanol–water partition coefficient (Wildman–Crippen LogP) is 1.46. The third-order valence-corrected chi connectivity index (χ3v) is 7.25. The minimum absolute atomic E-state index is 0.102. The van der Waals surface area contributed by atoms with Crippen LogP contribution in [0, 0.1) is 0 Å². The van der Waals surface area contributed by atoms with E-state index in [9.17, 15) is 18.0 Å². The highest BCUT2D eigenvalue weighted by Crippen LogP contribution is 2.18. The van der Waals surface area contributed by atoms with Gasteiger partial charge in [-0.3, -0.25) is 9.59 Å². The number of morpholine rings is 1. The molecule has 1 fully saturated rings. The van der Waals surface area contributed by atoms with Crippen LogP contribution in [-0.2, 0) is 37.3 Å². The van der Waals surface area contributed by atoms with Gasteiger partial charge in [-0.1, -0.05) is 24.3 Å². The van der Waals surface area contributed by atoms with E-state index in [2.05, 4.69) is 10.6 Å². The number of ether oxygens (including phenoxy) is 1. The molecule has 2 amide bonds. The van der Waals surface area contributed by atoms with Gasteiger partial charge in [0.15, 0.2) is 0 Å². The number of sulfonamides is 1. The molecule has 1 heterocycles. The van der Waals surface area contributed by atoms with Crippen LogP contribution < -0.4 is 10.6 Å². The number of hydrogen-bond donors (Lipinski definition) is 2. The first-order valence-corrected chi connectivity index (χ1v) is 12.6. The maximum Gasteiger partial charge on any atom is 0.243 e. The lowest BCUT2D eigenvalue weighted by molar-refractivity contribution is -0.121. The fourth-order valence-corrected chi connectivity index (χ4v) is 4.97. The fourth-order valence-electron chi connectivity index (χ4n) is 3.56. The van der Waals surface area contributed by atoms with Gasteiger partial charge >= 0.3 is 0 Å². The highest BCUT2D eigenvalue weighted by atomic mass is 32.2. The number of carbonyl (C=O) groups is 2. The SMILES string of the molecule is CN(C)CC(=O)Nc1cccc(CNC(=O)CCc2ccc(S(=O)(=O)N3CCOCC3)cc2)c1. The van der Waals surface area contributed by atoms with Crippen molar-refractivity contribution in [1.29, 1.82) is 0 Å². The van der Waals surface area contributed by atoms with Gasteiger partial charge in [0, 0.05) is 31.7 Å². The first-order valence-electron chi connectivity index (χ1n) is 11.2. The minimum Gasteiger partial charge on any atom is -0.379 e. The molecule has 10 heteroatoms. The molecule has 0 radical (unpaired) electrons. The molecular weight excluding hydrogens is 456 g/mol. The van der Waals surface area contributed by atoms with E-state index >= 15 is 0 Å². The molecule has 0 spiro atoms. The van der Waals surface area contributed by atoms with Crippen molar-refractivity contribution in [2.45, 2.75) is 24.3 Å². The largest absolute Gasteiger partial charge is 0.379 e. The molecule has 34 heavy (non-hydrogen) atoms. The third kappa shape index (κ3) is 7.63. The van der Waals surface area contributed by atoms with E-state index < -0.39 is 10.0 Å². The number of aryl methyl sites for hydroxylation is 1. The van der Waals surface area contributed by atoms with E-state index in [-0.39, 0.29) is 23.1 Å². The Bertz CT molecular complexity index is 1080. The molecule has 0 atom stereocenters. The number of benzene rings is 2. The smallest absolute Gasteiger partial charge is 0.243 e. The second kappa shape index (κ2) is 12.1. The monoisotopic (exact) mass is 488 g/mol. The number of nitrogens with one attached hydrogen (secondary N) is 2. The summed E-state index contributed by atoms with van der Waals surface area (Å²) in [6.07, 6.45) is 0.791. The molecule has 0 unspecified atom stereocenters.